The van der Waals surface area contributed by atoms with Crippen molar-refractivity contribution in [3.8, 4) is 0 Å². The quantitative estimate of drug-likeness (QED) is 0.628. The highest BCUT2D eigenvalue weighted by Gasteiger charge is 2.07. The maximum absolute atomic E-state index is 11.8. The number of thiophene rings is 1. The molecule has 0 saturated heterocycles. The average Bonchev–Trinajstić information content (AvgIpc) is 2.81. The van der Waals surface area contributed by atoms with Crippen molar-refractivity contribution in [2.24, 2.45) is 5.92 Å². The number of carbonyl (C=O) groups is 1. The van der Waals surface area contributed by atoms with Crippen LogP contribution in [-0.2, 0) is 0 Å². The smallest absolute Gasteiger partial charge is 0.172 e. The zero-order valence-corrected chi connectivity index (χ0v) is 12.6. The van der Waals surface area contributed by atoms with E-state index in [0.717, 1.165) is 30.3 Å². The van der Waals surface area contributed by atoms with Crippen LogP contribution in [0.3, 0.4) is 0 Å². The van der Waals surface area contributed by atoms with Gasteiger partial charge in [0, 0.05) is 6.42 Å². The summed E-state index contributed by atoms with van der Waals surface area (Å²) in [7, 11) is 2.15. The largest absolute Gasteiger partial charge is 0.306 e. The molecule has 0 radical (unpaired) electrons. The zero-order chi connectivity index (χ0) is 13.4. The minimum absolute atomic E-state index is 0.292. The van der Waals surface area contributed by atoms with Crippen LogP contribution >= 0.6 is 11.3 Å². The van der Waals surface area contributed by atoms with Crippen LogP contribution in [0.1, 0.15) is 49.2 Å². The van der Waals surface area contributed by atoms with Gasteiger partial charge >= 0.3 is 0 Å². The molecule has 0 unspecified atom stereocenters. The Morgan fingerprint density at radius 3 is 2.67 bits per heavy atom. The summed E-state index contributed by atoms with van der Waals surface area (Å²) in [4.78, 5) is 15.0. The Hall–Kier alpha value is -0.670. The fourth-order valence-electron chi connectivity index (χ4n) is 1.95. The zero-order valence-electron chi connectivity index (χ0n) is 11.8. The lowest BCUT2D eigenvalue weighted by Crippen LogP contribution is -2.21. The summed E-state index contributed by atoms with van der Waals surface area (Å²) in [5, 5.41) is 1.96. The van der Waals surface area contributed by atoms with Crippen LogP contribution in [0.15, 0.2) is 17.5 Å². The standard InChI is InChI=1S/C15H25NOS/c1-13(2)7-4-10-16(3)11-5-8-14(17)15-9-6-12-18-15/h6,9,12-13H,4-5,7-8,10-11H2,1-3H3. The first-order chi connectivity index (χ1) is 8.59. The van der Waals surface area contributed by atoms with Crippen LogP contribution in [0.25, 0.3) is 0 Å². The number of hydrogen-bond donors (Lipinski definition) is 0. The molecule has 1 aromatic rings. The van der Waals surface area contributed by atoms with Crippen LogP contribution in [0, 0.1) is 5.92 Å². The van der Waals surface area contributed by atoms with E-state index >= 15 is 0 Å². The van der Waals surface area contributed by atoms with Gasteiger partial charge in [0.15, 0.2) is 5.78 Å². The van der Waals surface area contributed by atoms with Crippen molar-refractivity contribution in [2.45, 2.75) is 39.5 Å². The summed E-state index contributed by atoms with van der Waals surface area (Å²) in [5.41, 5.74) is 0. The molecule has 0 spiro atoms. The predicted molar refractivity (Wildman–Crippen MR) is 79.5 cm³/mol. The molecule has 0 atom stereocenters. The molecule has 2 nitrogen and oxygen atoms in total. The van der Waals surface area contributed by atoms with Gasteiger partial charge in [0.05, 0.1) is 4.88 Å². The molecule has 1 aromatic heterocycles. The van der Waals surface area contributed by atoms with E-state index in [1.807, 2.05) is 17.5 Å². The van der Waals surface area contributed by atoms with Crippen molar-refractivity contribution in [1.82, 2.24) is 4.90 Å². The third kappa shape index (κ3) is 6.31. The molecule has 102 valence electrons. The molecular formula is C15H25NOS. The van der Waals surface area contributed by atoms with Gasteiger partial charge in [-0.05, 0) is 56.8 Å². The monoisotopic (exact) mass is 267 g/mol. The molecule has 0 aliphatic carbocycles. The van der Waals surface area contributed by atoms with Crippen LogP contribution in [0.4, 0.5) is 0 Å². The second kappa shape index (κ2) is 8.44. The highest BCUT2D eigenvalue weighted by atomic mass is 32.1. The van der Waals surface area contributed by atoms with E-state index in [1.165, 1.54) is 12.8 Å². The van der Waals surface area contributed by atoms with Crippen molar-refractivity contribution < 1.29 is 4.79 Å². The molecule has 1 heterocycles. The summed E-state index contributed by atoms with van der Waals surface area (Å²) in [5.74, 6) is 1.08. The molecule has 0 fully saturated rings. The molecule has 0 aromatic carbocycles. The van der Waals surface area contributed by atoms with Gasteiger partial charge in [-0.15, -0.1) is 11.3 Å². The van der Waals surface area contributed by atoms with Crippen molar-refractivity contribution in [1.29, 1.82) is 0 Å². The Morgan fingerprint density at radius 2 is 2.06 bits per heavy atom. The summed E-state index contributed by atoms with van der Waals surface area (Å²) < 4.78 is 0. The van der Waals surface area contributed by atoms with Crippen molar-refractivity contribution in [3.63, 3.8) is 0 Å². The van der Waals surface area contributed by atoms with Crippen LogP contribution in [0.5, 0.6) is 0 Å². The fraction of sp³-hybridized carbons (Fsp3) is 0.667. The lowest BCUT2D eigenvalue weighted by Gasteiger charge is -2.16. The van der Waals surface area contributed by atoms with E-state index in [1.54, 1.807) is 11.3 Å². The molecule has 0 N–H and O–H groups in total. The normalized spacial score (nSPS) is 11.4. The van der Waals surface area contributed by atoms with Gasteiger partial charge < -0.3 is 4.90 Å². The lowest BCUT2D eigenvalue weighted by atomic mass is 10.1. The van der Waals surface area contributed by atoms with Crippen molar-refractivity contribution in [3.05, 3.63) is 22.4 Å². The molecule has 0 saturated carbocycles. The number of nitrogens with zero attached hydrogens (tertiary/aromatic N) is 1. The topological polar surface area (TPSA) is 20.3 Å². The van der Waals surface area contributed by atoms with Crippen molar-refractivity contribution in [2.75, 3.05) is 20.1 Å². The van der Waals surface area contributed by atoms with Crippen LogP contribution in [-0.4, -0.2) is 30.8 Å². The number of rotatable bonds is 9. The molecule has 0 bridgehead atoms. The van der Waals surface area contributed by atoms with E-state index in [9.17, 15) is 4.79 Å². The van der Waals surface area contributed by atoms with E-state index in [2.05, 4.69) is 25.8 Å². The first-order valence-electron chi connectivity index (χ1n) is 6.85. The summed E-state index contributed by atoms with van der Waals surface area (Å²) in [6.45, 7) is 6.69. The van der Waals surface area contributed by atoms with Gasteiger partial charge in [0.25, 0.3) is 0 Å². The Balaban J connectivity index is 2.08. The van der Waals surface area contributed by atoms with Gasteiger partial charge in [-0.25, -0.2) is 0 Å². The summed E-state index contributed by atoms with van der Waals surface area (Å²) >= 11 is 1.54. The van der Waals surface area contributed by atoms with Crippen LogP contribution < -0.4 is 0 Å². The highest BCUT2D eigenvalue weighted by Crippen LogP contribution is 2.12. The first-order valence-corrected chi connectivity index (χ1v) is 7.73. The summed E-state index contributed by atoms with van der Waals surface area (Å²) in [6.07, 6.45) is 4.19. The van der Waals surface area contributed by atoms with Gasteiger partial charge in [-0.3, -0.25) is 4.79 Å². The number of ketones is 1. The molecule has 0 aliphatic heterocycles. The third-order valence-corrected chi connectivity index (χ3v) is 3.97. The van der Waals surface area contributed by atoms with Gasteiger partial charge in [0.1, 0.15) is 0 Å². The molecule has 3 heteroatoms. The molecular weight excluding hydrogens is 242 g/mol. The first kappa shape index (κ1) is 15.4. The van der Waals surface area contributed by atoms with E-state index in [0.29, 0.717) is 12.2 Å². The average molecular weight is 267 g/mol. The van der Waals surface area contributed by atoms with Gasteiger partial charge in [0.2, 0.25) is 0 Å². The Morgan fingerprint density at radius 1 is 1.33 bits per heavy atom. The maximum atomic E-state index is 11.8. The Kier molecular flexibility index (Phi) is 7.21. The third-order valence-electron chi connectivity index (χ3n) is 3.06. The highest BCUT2D eigenvalue weighted by molar-refractivity contribution is 7.12. The molecule has 0 aliphatic rings. The Labute approximate surface area is 115 Å². The van der Waals surface area contributed by atoms with E-state index in [4.69, 9.17) is 0 Å². The fourth-order valence-corrected chi connectivity index (χ4v) is 2.65. The minimum atomic E-state index is 0.292. The van der Waals surface area contributed by atoms with Gasteiger partial charge in [-0.1, -0.05) is 19.9 Å². The molecule has 0 amide bonds. The van der Waals surface area contributed by atoms with Gasteiger partial charge in [-0.2, -0.15) is 0 Å². The van der Waals surface area contributed by atoms with Crippen LogP contribution in [0.2, 0.25) is 0 Å². The minimum Gasteiger partial charge on any atom is -0.306 e. The summed E-state index contributed by atoms with van der Waals surface area (Å²) in [6, 6.07) is 3.86. The molecule has 1 rings (SSSR count). The second-order valence-corrected chi connectivity index (χ2v) is 6.29. The Bertz CT molecular complexity index is 332. The van der Waals surface area contributed by atoms with E-state index < -0.39 is 0 Å². The van der Waals surface area contributed by atoms with Crippen molar-refractivity contribution >= 4 is 17.1 Å². The number of carbonyl (C=O) groups excluding carboxylic acids is 1. The maximum Gasteiger partial charge on any atom is 0.172 e. The van der Waals surface area contributed by atoms with E-state index in [-0.39, 0.29) is 0 Å². The number of hydrogen-bond acceptors (Lipinski definition) is 3. The predicted octanol–water partition coefficient (Wildman–Crippen LogP) is 4.08. The lowest BCUT2D eigenvalue weighted by molar-refractivity contribution is 0.0980. The SMILES string of the molecule is CC(C)CCCN(C)CCCC(=O)c1cccs1. The second-order valence-electron chi connectivity index (χ2n) is 5.34. The molecule has 18 heavy (non-hydrogen) atoms. The number of Topliss-reactive ketones (excluding diaryl/α,β-unsaturated/α-hetero) is 1.